The number of likely N-dealkylation sites (N-methyl/N-ethyl adjacent to an activating group) is 1. The molecular weight excluding hydrogens is 256 g/mol. The van der Waals surface area contributed by atoms with Gasteiger partial charge in [0, 0.05) is 6.54 Å². The number of aliphatic carboxylic acids is 1. The maximum Gasteiger partial charge on any atom is 0.326 e. The number of carbonyl (C=O) groups is 2. The third-order valence-corrected chi connectivity index (χ3v) is 4.28. The average Bonchev–Trinajstić information content (AvgIpc) is 2.87. The summed E-state index contributed by atoms with van der Waals surface area (Å²) in [6.45, 7) is 10.2. The lowest BCUT2D eigenvalue weighted by Gasteiger charge is -2.40. The molecule has 1 aliphatic rings. The van der Waals surface area contributed by atoms with Crippen LogP contribution in [0.3, 0.4) is 0 Å². The molecule has 1 heterocycles. The van der Waals surface area contributed by atoms with E-state index in [1.807, 2.05) is 20.8 Å². The minimum atomic E-state index is -0.886. The molecule has 0 aromatic rings. The lowest BCUT2D eigenvalue weighted by molar-refractivity contribution is -0.153. The van der Waals surface area contributed by atoms with Crippen LogP contribution in [0.2, 0.25) is 0 Å². The van der Waals surface area contributed by atoms with E-state index in [1.165, 1.54) is 0 Å². The van der Waals surface area contributed by atoms with Gasteiger partial charge in [-0.05, 0) is 46.2 Å². The van der Waals surface area contributed by atoms with Gasteiger partial charge in [-0.2, -0.15) is 0 Å². The molecule has 0 aliphatic carbocycles. The van der Waals surface area contributed by atoms with Crippen LogP contribution in [-0.2, 0) is 9.59 Å². The molecule has 0 bridgehead atoms. The number of carboxylic acids is 1. The Morgan fingerprint density at radius 1 is 1.35 bits per heavy atom. The lowest BCUT2D eigenvalue weighted by Crippen LogP contribution is -2.58. The highest BCUT2D eigenvalue weighted by molar-refractivity contribution is 5.90. The maximum absolute atomic E-state index is 12.8. The standard InChI is InChI=1S/C15H28N2O3/c1-5-7-10-16(6-2)15(3,4)14(20)17-11-8-9-12(17)13(18)19/h12H,5-11H2,1-4H3,(H,18,19). The second kappa shape index (κ2) is 7.07. The molecule has 5 heteroatoms. The van der Waals surface area contributed by atoms with Crippen molar-refractivity contribution in [2.75, 3.05) is 19.6 Å². The molecule has 1 unspecified atom stereocenters. The molecule has 1 atom stereocenters. The van der Waals surface area contributed by atoms with E-state index < -0.39 is 17.6 Å². The van der Waals surface area contributed by atoms with E-state index >= 15 is 0 Å². The van der Waals surface area contributed by atoms with Crippen LogP contribution in [0, 0.1) is 0 Å². The van der Waals surface area contributed by atoms with Gasteiger partial charge in [0.1, 0.15) is 6.04 Å². The van der Waals surface area contributed by atoms with E-state index in [9.17, 15) is 14.7 Å². The first-order valence-corrected chi connectivity index (χ1v) is 7.65. The summed E-state index contributed by atoms with van der Waals surface area (Å²) in [5, 5.41) is 9.23. The van der Waals surface area contributed by atoms with Crippen molar-refractivity contribution < 1.29 is 14.7 Å². The van der Waals surface area contributed by atoms with Gasteiger partial charge in [0.05, 0.1) is 5.54 Å². The van der Waals surface area contributed by atoms with Gasteiger partial charge in [-0.25, -0.2) is 4.79 Å². The van der Waals surface area contributed by atoms with Crippen LogP contribution in [0.5, 0.6) is 0 Å². The highest BCUT2D eigenvalue weighted by Gasteiger charge is 2.42. The molecule has 20 heavy (non-hydrogen) atoms. The molecule has 0 spiro atoms. The number of unbranched alkanes of at least 4 members (excludes halogenated alkanes) is 1. The van der Waals surface area contributed by atoms with Crippen LogP contribution in [0.1, 0.15) is 53.4 Å². The second-order valence-corrected chi connectivity index (χ2v) is 5.99. The van der Waals surface area contributed by atoms with Crippen LogP contribution in [0.25, 0.3) is 0 Å². The molecule has 1 amide bonds. The summed E-state index contributed by atoms with van der Waals surface area (Å²) in [5.41, 5.74) is -0.637. The lowest BCUT2D eigenvalue weighted by atomic mass is 9.99. The Hall–Kier alpha value is -1.10. The average molecular weight is 284 g/mol. The van der Waals surface area contributed by atoms with E-state index in [4.69, 9.17) is 0 Å². The fourth-order valence-electron chi connectivity index (χ4n) is 2.94. The Morgan fingerprint density at radius 2 is 2.00 bits per heavy atom. The summed E-state index contributed by atoms with van der Waals surface area (Å²) < 4.78 is 0. The summed E-state index contributed by atoms with van der Waals surface area (Å²) >= 11 is 0. The SMILES string of the molecule is CCCCN(CC)C(C)(C)C(=O)N1CCCC1C(=O)O. The molecule has 0 radical (unpaired) electrons. The summed E-state index contributed by atoms with van der Waals surface area (Å²) in [6.07, 6.45) is 3.48. The molecule has 1 N–H and O–H groups in total. The first-order valence-electron chi connectivity index (χ1n) is 7.65. The maximum atomic E-state index is 12.8. The first kappa shape index (κ1) is 17.0. The minimum absolute atomic E-state index is 0.0552. The van der Waals surface area contributed by atoms with Gasteiger partial charge in [-0.3, -0.25) is 9.69 Å². The van der Waals surface area contributed by atoms with E-state index in [-0.39, 0.29) is 5.91 Å². The number of nitrogens with zero attached hydrogens (tertiary/aromatic N) is 2. The Balaban J connectivity index is 2.83. The number of likely N-dealkylation sites (tertiary alicyclic amines) is 1. The quantitative estimate of drug-likeness (QED) is 0.776. The second-order valence-electron chi connectivity index (χ2n) is 5.99. The highest BCUT2D eigenvalue weighted by Crippen LogP contribution is 2.25. The fraction of sp³-hybridized carbons (Fsp3) is 0.867. The van der Waals surface area contributed by atoms with Crippen molar-refractivity contribution in [2.24, 2.45) is 0 Å². The zero-order valence-electron chi connectivity index (χ0n) is 13.2. The van der Waals surface area contributed by atoms with Crippen LogP contribution < -0.4 is 0 Å². The zero-order chi connectivity index (χ0) is 15.3. The van der Waals surface area contributed by atoms with E-state index in [0.717, 1.165) is 32.4 Å². The van der Waals surface area contributed by atoms with Crippen molar-refractivity contribution in [3.05, 3.63) is 0 Å². The number of hydrogen-bond acceptors (Lipinski definition) is 3. The third kappa shape index (κ3) is 3.51. The molecule has 0 aromatic heterocycles. The smallest absolute Gasteiger partial charge is 0.326 e. The molecule has 1 aliphatic heterocycles. The minimum Gasteiger partial charge on any atom is -0.480 e. The van der Waals surface area contributed by atoms with Crippen molar-refractivity contribution in [1.82, 2.24) is 9.80 Å². The van der Waals surface area contributed by atoms with Gasteiger partial charge in [0.25, 0.3) is 0 Å². The number of rotatable bonds is 7. The Kier molecular flexibility index (Phi) is 5.99. The summed E-state index contributed by atoms with van der Waals surface area (Å²) in [5.74, 6) is -0.941. The van der Waals surface area contributed by atoms with Gasteiger partial charge in [-0.15, -0.1) is 0 Å². The zero-order valence-corrected chi connectivity index (χ0v) is 13.2. The van der Waals surface area contributed by atoms with Gasteiger partial charge in [0.2, 0.25) is 5.91 Å². The molecule has 116 valence electrons. The Morgan fingerprint density at radius 3 is 2.50 bits per heavy atom. The summed E-state index contributed by atoms with van der Waals surface area (Å²) in [4.78, 5) is 27.7. The van der Waals surface area contributed by atoms with Crippen molar-refractivity contribution in [1.29, 1.82) is 0 Å². The van der Waals surface area contributed by atoms with Crippen molar-refractivity contribution >= 4 is 11.9 Å². The van der Waals surface area contributed by atoms with E-state index in [1.54, 1.807) is 4.90 Å². The number of hydrogen-bond donors (Lipinski definition) is 1. The molecular formula is C15H28N2O3. The summed E-state index contributed by atoms with van der Waals surface area (Å²) in [7, 11) is 0. The molecule has 1 saturated heterocycles. The number of amides is 1. The molecule has 1 fully saturated rings. The van der Waals surface area contributed by atoms with Crippen molar-refractivity contribution in [2.45, 2.75) is 65.0 Å². The predicted octanol–water partition coefficient (Wildman–Crippen LogP) is 1.96. The van der Waals surface area contributed by atoms with E-state index in [0.29, 0.717) is 13.0 Å². The third-order valence-electron chi connectivity index (χ3n) is 4.28. The van der Waals surface area contributed by atoms with Gasteiger partial charge in [0.15, 0.2) is 0 Å². The van der Waals surface area contributed by atoms with Crippen LogP contribution in [-0.4, -0.2) is 58.0 Å². The van der Waals surface area contributed by atoms with Crippen molar-refractivity contribution in [3.8, 4) is 0 Å². The summed E-state index contributed by atoms with van der Waals surface area (Å²) in [6, 6.07) is -0.647. The first-order chi connectivity index (χ1) is 9.36. The van der Waals surface area contributed by atoms with Crippen molar-refractivity contribution in [3.63, 3.8) is 0 Å². The molecule has 0 aromatic carbocycles. The normalized spacial score (nSPS) is 19.6. The number of carbonyl (C=O) groups excluding carboxylic acids is 1. The predicted molar refractivity (Wildman–Crippen MR) is 78.6 cm³/mol. The Bertz CT molecular complexity index is 355. The number of carboxylic acid groups (broad SMARTS) is 1. The van der Waals surface area contributed by atoms with Crippen LogP contribution in [0.15, 0.2) is 0 Å². The Labute approximate surface area is 121 Å². The van der Waals surface area contributed by atoms with E-state index in [2.05, 4.69) is 11.8 Å². The topological polar surface area (TPSA) is 60.9 Å². The largest absolute Gasteiger partial charge is 0.480 e. The van der Waals surface area contributed by atoms with Gasteiger partial charge in [-0.1, -0.05) is 20.3 Å². The van der Waals surface area contributed by atoms with Gasteiger partial charge < -0.3 is 10.0 Å². The molecule has 1 rings (SSSR count). The van der Waals surface area contributed by atoms with Crippen LogP contribution >= 0.6 is 0 Å². The monoisotopic (exact) mass is 284 g/mol. The highest BCUT2D eigenvalue weighted by atomic mass is 16.4. The van der Waals surface area contributed by atoms with Crippen LogP contribution in [0.4, 0.5) is 0 Å². The molecule has 0 saturated carbocycles. The molecule has 5 nitrogen and oxygen atoms in total. The fourth-order valence-corrected chi connectivity index (χ4v) is 2.94. The van der Waals surface area contributed by atoms with Gasteiger partial charge >= 0.3 is 5.97 Å².